The van der Waals surface area contributed by atoms with Crippen molar-refractivity contribution in [3.8, 4) is 0 Å². The van der Waals surface area contributed by atoms with Crippen molar-refractivity contribution in [1.29, 1.82) is 0 Å². The lowest BCUT2D eigenvalue weighted by atomic mass is 10.3. The van der Waals surface area contributed by atoms with Crippen LogP contribution in [-0.4, -0.2) is 28.4 Å². The molecule has 0 saturated heterocycles. The van der Waals surface area contributed by atoms with Gasteiger partial charge in [-0.3, -0.25) is 0 Å². The van der Waals surface area contributed by atoms with E-state index in [4.69, 9.17) is 10.8 Å². The summed E-state index contributed by atoms with van der Waals surface area (Å²) in [5.74, 6) is 0.0817. The fourth-order valence-electron chi connectivity index (χ4n) is 1.01. The maximum absolute atomic E-state index is 11.4. The first-order valence-corrected chi connectivity index (χ1v) is 4.30. The third-order valence-corrected chi connectivity index (χ3v) is 2.02. The highest BCUT2D eigenvalue weighted by Crippen LogP contribution is 2.03. The zero-order valence-corrected chi connectivity index (χ0v) is 8.27. The highest BCUT2D eigenvalue weighted by molar-refractivity contribution is 5.36. The Morgan fingerprint density at radius 2 is 2.36 bits per heavy atom. The zero-order chi connectivity index (χ0) is 10.7. The molecule has 3 N–H and O–H groups in total. The van der Waals surface area contributed by atoms with E-state index in [9.17, 15) is 4.79 Å². The molecular formula is C8H14N4O2. The first-order chi connectivity index (χ1) is 6.60. The van der Waals surface area contributed by atoms with Crippen molar-refractivity contribution in [2.24, 2.45) is 0 Å². The average Bonchev–Trinajstić information content (AvgIpc) is 2.17. The number of anilines is 1. The first kappa shape index (κ1) is 10.5. The minimum Gasteiger partial charge on any atom is -0.391 e. The van der Waals surface area contributed by atoms with Crippen molar-refractivity contribution in [1.82, 2.24) is 9.66 Å². The quantitative estimate of drug-likeness (QED) is 0.644. The Labute approximate surface area is 81.6 Å². The molecule has 1 aromatic heterocycles. The average molecular weight is 198 g/mol. The fraction of sp³-hybridized carbons (Fsp3) is 0.500. The molecule has 14 heavy (non-hydrogen) atoms. The van der Waals surface area contributed by atoms with Gasteiger partial charge in [-0.2, -0.15) is 4.98 Å². The minimum absolute atomic E-state index is 0.0817. The van der Waals surface area contributed by atoms with Gasteiger partial charge in [-0.05, 0) is 6.92 Å². The fourth-order valence-corrected chi connectivity index (χ4v) is 1.01. The van der Waals surface area contributed by atoms with E-state index in [0.29, 0.717) is 12.1 Å². The van der Waals surface area contributed by atoms with Crippen LogP contribution in [-0.2, 0) is 6.61 Å². The molecule has 6 heteroatoms. The molecule has 6 nitrogen and oxygen atoms in total. The second-order valence-electron chi connectivity index (χ2n) is 2.91. The van der Waals surface area contributed by atoms with E-state index in [1.54, 1.807) is 12.1 Å². The van der Waals surface area contributed by atoms with E-state index in [1.165, 1.54) is 10.9 Å². The van der Waals surface area contributed by atoms with Crippen molar-refractivity contribution >= 4 is 5.82 Å². The summed E-state index contributed by atoms with van der Waals surface area (Å²) in [5, 5.41) is 10.6. The number of nitrogens with two attached hydrogens (primary N) is 1. The first-order valence-electron chi connectivity index (χ1n) is 4.30. The van der Waals surface area contributed by atoms with Crippen LogP contribution in [0.2, 0.25) is 0 Å². The van der Waals surface area contributed by atoms with Crippen molar-refractivity contribution in [2.45, 2.75) is 13.5 Å². The number of rotatable bonds is 3. The smallest absolute Gasteiger partial charge is 0.368 e. The van der Waals surface area contributed by atoms with Crippen LogP contribution in [0.4, 0.5) is 5.82 Å². The summed E-state index contributed by atoms with van der Waals surface area (Å²) in [6.07, 6.45) is 1.49. The van der Waals surface area contributed by atoms with Gasteiger partial charge in [0.2, 0.25) is 0 Å². The van der Waals surface area contributed by atoms with E-state index in [-0.39, 0.29) is 12.4 Å². The Balaban J connectivity index is 3.24. The van der Waals surface area contributed by atoms with Crippen LogP contribution in [0.5, 0.6) is 0 Å². The van der Waals surface area contributed by atoms with Gasteiger partial charge in [0, 0.05) is 25.4 Å². The largest absolute Gasteiger partial charge is 0.391 e. The minimum atomic E-state index is -0.441. The molecule has 1 heterocycles. The molecule has 0 aliphatic heterocycles. The third kappa shape index (κ3) is 1.85. The van der Waals surface area contributed by atoms with Crippen molar-refractivity contribution in [3.05, 3.63) is 22.2 Å². The second kappa shape index (κ2) is 4.10. The van der Waals surface area contributed by atoms with Gasteiger partial charge >= 0.3 is 5.69 Å². The summed E-state index contributed by atoms with van der Waals surface area (Å²) < 4.78 is 1.32. The van der Waals surface area contributed by atoms with Crippen LogP contribution in [0.25, 0.3) is 0 Å². The molecule has 0 spiro atoms. The Morgan fingerprint density at radius 1 is 1.71 bits per heavy atom. The summed E-state index contributed by atoms with van der Waals surface area (Å²) in [6, 6.07) is 0. The maximum Gasteiger partial charge on any atom is 0.368 e. The molecule has 0 bridgehead atoms. The summed E-state index contributed by atoms with van der Waals surface area (Å²) in [5.41, 5.74) is 5.45. The summed E-state index contributed by atoms with van der Waals surface area (Å²) in [6.45, 7) is 2.34. The number of nitrogen functional groups attached to an aromatic ring is 1. The molecule has 1 rings (SSSR count). The maximum atomic E-state index is 11.4. The Morgan fingerprint density at radius 3 is 2.86 bits per heavy atom. The van der Waals surface area contributed by atoms with Crippen LogP contribution in [0.3, 0.4) is 0 Å². The molecule has 0 aliphatic rings. The van der Waals surface area contributed by atoms with Crippen LogP contribution in [0, 0.1) is 0 Å². The van der Waals surface area contributed by atoms with E-state index in [2.05, 4.69) is 4.98 Å². The van der Waals surface area contributed by atoms with Gasteiger partial charge in [0.25, 0.3) is 0 Å². The Hall–Kier alpha value is -1.56. The Kier molecular flexibility index (Phi) is 3.08. The number of aliphatic hydroxyl groups excluding tert-OH is 1. The molecule has 0 atom stereocenters. The van der Waals surface area contributed by atoms with Crippen molar-refractivity contribution < 1.29 is 5.11 Å². The van der Waals surface area contributed by atoms with Crippen molar-refractivity contribution in [3.63, 3.8) is 0 Å². The van der Waals surface area contributed by atoms with E-state index in [1.807, 2.05) is 6.92 Å². The molecule has 0 radical (unpaired) electrons. The Bertz CT molecular complexity index is 374. The number of nitrogens with zero attached hydrogens (tertiary/aromatic N) is 3. The number of hydrogen-bond donors (Lipinski definition) is 2. The normalized spacial score (nSPS) is 10.2. The molecule has 0 fully saturated rings. The SMILES string of the molecule is CCN(C)n1cc(CO)c(N)nc1=O. The molecule has 1 aromatic rings. The third-order valence-electron chi connectivity index (χ3n) is 2.02. The topological polar surface area (TPSA) is 84.4 Å². The van der Waals surface area contributed by atoms with Gasteiger partial charge in [-0.25, -0.2) is 9.47 Å². The van der Waals surface area contributed by atoms with Crippen LogP contribution in [0.1, 0.15) is 12.5 Å². The molecule has 0 aromatic carbocycles. The molecule has 0 saturated carbocycles. The molecule has 0 unspecified atom stereocenters. The van der Waals surface area contributed by atoms with Gasteiger partial charge in [0.1, 0.15) is 5.82 Å². The van der Waals surface area contributed by atoms with Crippen LogP contribution >= 0.6 is 0 Å². The molecule has 78 valence electrons. The van der Waals surface area contributed by atoms with E-state index >= 15 is 0 Å². The standard InChI is InChI=1S/C8H14N4O2/c1-3-11(2)12-4-6(5-13)7(9)10-8(12)14/h4,13H,3,5H2,1-2H3,(H2,9,10,14). The lowest BCUT2D eigenvalue weighted by molar-refractivity contribution is 0.280. The highest BCUT2D eigenvalue weighted by atomic mass is 16.3. The molecule has 0 amide bonds. The van der Waals surface area contributed by atoms with Gasteiger partial charge in [0.05, 0.1) is 6.61 Å². The van der Waals surface area contributed by atoms with Crippen LogP contribution < -0.4 is 16.4 Å². The highest BCUT2D eigenvalue weighted by Gasteiger charge is 2.06. The summed E-state index contributed by atoms with van der Waals surface area (Å²) in [4.78, 5) is 15.0. The number of hydrogen-bond acceptors (Lipinski definition) is 5. The summed E-state index contributed by atoms with van der Waals surface area (Å²) >= 11 is 0. The van der Waals surface area contributed by atoms with Crippen LogP contribution in [0.15, 0.2) is 11.0 Å². The number of aliphatic hydroxyl groups is 1. The van der Waals surface area contributed by atoms with Gasteiger partial charge < -0.3 is 15.8 Å². The van der Waals surface area contributed by atoms with E-state index < -0.39 is 5.69 Å². The lowest BCUT2D eigenvalue weighted by Gasteiger charge is -2.19. The van der Waals surface area contributed by atoms with Crippen molar-refractivity contribution in [2.75, 3.05) is 24.3 Å². The van der Waals surface area contributed by atoms with E-state index in [0.717, 1.165) is 0 Å². The van der Waals surface area contributed by atoms with Gasteiger partial charge in [-0.15, -0.1) is 0 Å². The monoisotopic (exact) mass is 198 g/mol. The van der Waals surface area contributed by atoms with Gasteiger partial charge in [-0.1, -0.05) is 0 Å². The predicted octanol–water partition coefficient (Wildman–Crippen LogP) is -1.09. The lowest BCUT2D eigenvalue weighted by Crippen LogP contribution is -2.40. The predicted molar refractivity (Wildman–Crippen MR) is 53.5 cm³/mol. The second-order valence-corrected chi connectivity index (χ2v) is 2.91. The number of aromatic nitrogens is 2. The van der Waals surface area contributed by atoms with Gasteiger partial charge in [0.15, 0.2) is 0 Å². The zero-order valence-electron chi connectivity index (χ0n) is 8.27. The molecule has 0 aliphatic carbocycles. The molecular weight excluding hydrogens is 184 g/mol. The summed E-state index contributed by atoms with van der Waals surface area (Å²) in [7, 11) is 1.75.